The van der Waals surface area contributed by atoms with Crippen LogP contribution in [-0.4, -0.2) is 54.6 Å². The highest BCUT2D eigenvalue weighted by molar-refractivity contribution is 7.92. The molecule has 1 aromatic heterocycles. The molecule has 0 spiro atoms. The lowest BCUT2D eigenvalue weighted by atomic mass is 10.2. The van der Waals surface area contributed by atoms with Gasteiger partial charge in [-0.15, -0.1) is 0 Å². The highest BCUT2D eigenvalue weighted by Gasteiger charge is 2.31. The maximum Gasteiger partial charge on any atom is 0.323 e. The van der Waals surface area contributed by atoms with E-state index in [2.05, 4.69) is 25.6 Å². The summed E-state index contributed by atoms with van der Waals surface area (Å²) in [4.78, 5) is 12.2. The Labute approximate surface area is 118 Å². The van der Waals surface area contributed by atoms with Crippen LogP contribution >= 0.6 is 0 Å². The third-order valence-electron chi connectivity index (χ3n) is 3.06. The molecule has 8 nitrogen and oxygen atoms in total. The maximum atomic E-state index is 11.7. The number of nitrogens with zero attached hydrogens (tertiary/aromatic N) is 3. The van der Waals surface area contributed by atoms with Gasteiger partial charge in [-0.1, -0.05) is 0 Å². The summed E-state index contributed by atoms with van der Waals surface area (Å²) >= 11 is 0. The molecule has 1 aromatic rings. The second-order valence-electron chi connectivity index (χ2n) is 4.46. The predicted molar refractivity (Wildman–Crippen MR) is 75.8 cm³/mol. The molecule has 1 aliphatic rings. The van der Waals surface area contributed by atoms with Crippen LogP contribution in [0.25, 0.3) is 0 Å². The third kappa shape index (κ3) is 3.47. The van der Waals surface area contributed by atoms with Crippen LogP contribution in [-0.2, 0) is 9.84 Å². The number of sulfone groups is 1. The van der Waals surface area contributed by atoms with Gasteiger partial charge in [-0.2, -0.15) is 15.0 Å². The average Bonchev–Trinajstić information content (AvgIpc) is 2.75. The van der Waals surface area contributed by atoms with Crippen molar-refractivity contribution in [2.75, 3.05) is 36.6 Å². The topological polar surface area (TPSA) is 106 Å². The number of hydrogen-bond acceptors (Lipinski definition) is 8. The van der Waals surface area contributed by atoms with E-state index in [4.69, 9.17) is 4.74 Å². The summed E-state index contributed by atoms with van der Waals surface area (Å²) in [5.74, 6) is 0.956. The van der Waals surface area contributed by atoms with Crippen molar-refractivity contribution in [3.8, 4) is 6.01 Å². The Morgan fingerprint density at radius 3 is 2.65 bits per heavy atom. The first-order valence-electron chi connectivity index (χ1n) is 6.57. The van der Waals surface area contributed by atoms with E-state index >= 15 is 0 Å². The van der Waals surface area contributed by atoms with Gasteiger partial charge in [0.15, 0.2) is 9.84 Å². The summed E-state index contributed by atoms with van der Waals surface area (Å²) in [6.45, 7) is 2.59. The van der Waals surface area contributed by atoms with Gasteiger partial charge in [-0.25, -0.2) is 8.42 Å². The largest absolute Gasteiger partial charge is 0.464 e. The molecule has 0 aromatic carbocycles. The Balaban J connectivity index is 2.07. The number of ether oxygens (including phenoxy) is 1. The smallest absolute Gasteiger partial charge is 0.323 e. The summed E-state index contributed by atoms with van der Waals surface area (Å²) in [5.41, 5.74) is 0. The monoisotopic (exact) mass is 301 g/mol. The van der Waals surface area contributed by atoms with Crippen LogP contribution in [0, 0.1) is 0 Å². The number of aromatic nitrogens is 3. The molecule has 9 heteroatoms. The Hall–Kier alpha value is -1.64. The van der Waals surface area contributed by atoms with Crippen molar-refractivity contribution in [3.05, 3.63) is 0 Å². The average molecular weight is 301 g/mol. The van der Waals surface area contributed by atoms with Crippen LogP contribution in [0.2, 0.25) is 0 Å². The van der Waals surface area contributed by atoms with E-state index < -0.39 is 9.84 Å². The normalized spacial score (nSPS) is 20.6. The van der Waals surface area contributed by atoms with Crippen molar-refractivity contribution in [2.45, 2.75) is 25.0 Å². The fraction of sp³-hybridized carbons (Fsp3) is 0.727. The molecule has 1 fully saturated rings. The molecule has 1 atom stereocenters. The van der Waals surface area contributed by atoms with E-state index in [0.29, 0.717) is 31.5 Å². The van der Waals surface area contributed by atoms with Gasteiger partial charge in [0.05, 0.1) is 17.6 Å². The molecular weight excluding hydrogens is 282 g/mol. The van der Waals surface area contributed by atoms with E-state index in [1.54, 1.807) is 7.05 Å². The Morgan fingerprint density at radius 2 is 2.05 bits per heavy atom. The van der Waals surface area contributed by atoms with E-state index in [0.717, 1.165) is 6.42 Å². The molecule has 0 radical (unpaired) electrons. The van der Waals surface area contributed by atoms with Gasteiger partial charge in [0.2, 0.25) is 11.9 Å². The van der Waals surface area contributed by atoms with Crippen molar-refractivity contribution in [1.29, 1.82) is 0 Å². The highest BCUT2D eigenvalue weighted by atomic mass is 32.2. The number of hydrogen-bond donors (Lipinski definition) is 2. The fourth-order valence-electron chi connectivity index (χ4n) is 2.03. The van der Waals surface area contributed by atoms with Gasteiger partial charge < -0.3 is 15.4 Å². The van der Waals surface area contributed by atoms with Crippen LogP contribution in [0.1, 0.15) is 19.8 Å². The number of rotatable bonds is 6. The molecule has 2 N–H and O–H groups in total. The lowest BCUT2D eigenvalue weighted by Crippen LogP contribution is -2.26. The minimum atomic E-state index is -2.97. The minimum absolute atomic E-state index is 0.212. The quantitative estimate of drug-likeness (QED) is 0.773. The van der Waals surface area contributed by atoms with Gasteiger partial charge >= 0.3 is 6.01 Å². The van der Waals surface area contributed by atoms with Crippen LogP contribution in [0.3, 0.4) is 0 Å². The summed E-state index contributed by atoms with van der Waals surface area (Å²) in [6.07, 6.45) is 1.40. The van der Waals surface area contributed by atoms with E-state index in [1.807, 2.05) is 6.92 Å². The van der Waals surface area contributed by atoms with Gasteiger partial charge in [0, 0.05) is 13.6 Å². The first kappa shape index (κ1) is 14.8. The van der Waals surface area contributed by atoms with Gasteiger partial charge in [-0.05, 0) is 19.8 Å². The van der Waals surface area contributed by atoms with Crippen LogP contribution in [0.5, 0.6) is 6.01 Å². The molecule has 1 aliphatic heterocycles. The molecule has 112 valence electrons. The van der Waals surface area contributed by atoms with Gasteiger partial charge in [-0.3, -0.25) is 0 Å². The Morgan fingerprint density at radius 1 is 1.30 bits per heavy atom. The second kappa shape index (κ2) is 6.21. The van der Waals surface area contributed by atoms with E-state index in [-0.39, 0.29) is 17.0 Å². The molecule has 1 unspecified atom stereocenters. The Kier molecular flexibility index (Phi) is 4.58. The minimum Gasteiger partial charge on any atom is -0.464 e. The van der Waals surface area contributed by atoms with E-state index in [1.165, 1.54) is 0 Å². The molecule has 2 heterocycles. The van der Waals surface area contributed by atoms with Crippen molar-refractivity contribution in [1.82, 2.24) is 15.0 Å². The SMILES string of the molecule is CCOc1nc(NC)nc(NCC2CCCS2(=O)=O)n1. The standard InChI is InChI=1S/C11H19N5O3S/c1-3-19-11-15-9(12-2)14-10(16-11)13-7-8-5-4-6-20(8,17)18/h8H,3-7H2,1-2H3,(H2,12,13,14,15,16). The summed E-state index contributed by atoms with van der Waals surface area (Å²) in [6, 6.07) is 0.212. The first-order valence-corrected chi connectivity index (χ1v) is 8.28. The van der Waals surface area contributed by atoms with Crippen molar-refractivity contribution in [2.24, 2.45) is 0 Å². The van der Waals surface area contributed by atoms with Gasteiger partial charge in [0.25, 0.3) is 0 Å². The molecule has 1 saturated heterocycles. The summed E-state index contributed by atoms with van der Waals surface area (Å²) in [5, 5.41) is 5.40. The zero-order chi connectivity index (χ0) is 14.6. The predicted octanol–water partition coefficient (Wildman–Crippen LogP) is 0.301. The summed E-state index contributed by atoms with van der Waals surface area (Å²) < 4.78 is 28.7. The Bertz CT molecular complexity index is 563. The lowest BCUT2D eigenvalue weighted by Gasteiger charge is -2.12. The lowest BCUT2D eigenvalue weighted by molar-refractivity contribution is 0.312. The van der Waals surface area contributed by atoms with Crippen molar-refractivity contribution in [3.63, 3.8) is 0 Å². The third-order valence-corrected chi connectivity index (χ3v) is 5.34. The van der Waals surface area contributed by atoms with Crippen molar-refractivity contribution >= 4 is 21.7 Å². The molecule has 20 heavy (non-hydrogen) atoms. The first-order chi connectivity index (χ1) is 9.55. The number of nitrogens with one attached hydrogen (secondary N) is 2. The molecule has 0 aliphatic carbocycles. The van der Waals surface area contributed by atoms with Crippen LogP contribution in [0.15, 0.2) is 0 Å². The molecular formula is C11H19N5O3S. The molecule has 0 saturated carbocycles. The second-order valence-corrected chi connectivity index (χ2v) is 6.86. The van der Waals surface area contributed by atoms with Gasteiger partial charge in [0.1, 0.15) is 0 Å². The zero-order valence-electron chi connectivity index (χ0n) is 11.6. The summed E-state index contributed by atoms with van der Waals surface area (Å²) in [7, 11) is -1.28. The maximum absolute atomic E-state index is 11.7. The fourth-order valence-corrected chi connectivity index (χ4v) is 3.80. The van der Waals surface area contributed by atoms with Crippen LogP contribution < -0.4 is 15.4 Å². The number of anilines is 2. The van der Waals surface area contributed by atoms with Crippen molar-refractivity contribution < 1.29 is 13.2 Å². The molecule has 0 amide bonds. The molecule has 0 bridgehead atoms. The van der Waals surface area contributed by atoms with E-state index in [9.17, 15) is 8.42 Å². The highest BCUT2D eigenvalue weighted by Crippen LogP contribution is 2.20. The zero-order valence-corrected chi connectivity index (χ0v) is 12.4. The van der Waals surface area contributed by atoms with Crippen LogP contribution in [0.4, 0.5) is 11.9 Å². The molecule has 2 rings (SSSR count).